The van der Waals surface area contributed by atoms with E-state index in [0.717, 1.165) is 16.2 Å². The average molecular weight is 348 g/mol. The lowest BCUT2D eigenvalue weighted by Crippen LogP contribution is -2.49. The zero-order chi connectivity index (χ0) is 18.6. The predicted octanol–water partition coefficient (Wildman–Crippen LogP) is 1.13. The minimum Gasteiger partial charge on any atom is -0.497 e. The number of ether oxygens (including phenoxy) is 1. The zero-order valence-corrected chi connectivity index (χ0v) is 14.7. The van der Waals surface area contributed by atoms with E-state index in [9.17, 15) is 14.4 Å². The van der Waals surface area contributed by atoms with E-state index in [0.29, 0.717) is 12.8 Å². The molecule has 1 saturated heterocycles. The van der Waals surface area contributed by atoms with E-state index in [2.05, 4.69) is 5.32 Å². The number of aliphatic hydroxyl groups is 1. The van der Waals surface area contributed by atoms with Gasteiger partial charge in [0.2, 0.25) is 0 Å². The third kappa shape index (κ3) is 4.17. The van der Waals surface area contributed by atoms with Gasteiger partial charge in [0.25, 0.3) is 5.91 Å². The summed E-state index contributed by atoms with van der Waals surface area (Å²) in [7, 11) is 1.59. The molecule has 0 unspecified atom stereocenters. The fraction of sp³-hybridized carbons (Fsp3) is 0.500. The van der Waals surface area contributed by atoms with E-state index in [-0.39, 0.29) is 5.92 Å². The second kappa shape index (κ2) is 8.11. The van der Waals surface area contributed by atoms with E-state index >= 15 is 0 Å². The Bertz CT molecular complexity index is 641. The van der Waals surface area contributed by atoms with Gasteiger partial charge in [-0.1, -0.05) is 26.0 Å². The van der Waals surface area contributed by atoms with Crippen molar-refractivity contribution in [3.8, 4) is 5.75 Å². The van der Waals surface area contributed by atoms with Gasteiger partial charge in [0.05, 0.1) is 7.11 Å². The molecule has 0 aromatic heterocycles. The van der Waals surface area contributed by atoms with Crippen LogP contribution in [0.3, 0.4) is 0 Å². The van der Waals surface area contributed by atoms with Crippen LogP contribution in [0.1, 0.15) is 25.8 Å². The fourth-order valence-electron chi connectivity index (χ4n) is 3.02. The molecule has 0 bridgehead atoms. The number of methoxy groups -OCH3 is 1. The van der Waals surface area contributed by atoms with Crippen LogP contribution in [0, 0.1) is 5.92 Å². The quantitative estimate of drug-likeness (QED) is 0.687. The van der Waals surface area contributed by atoms with Crippen LogP contribution in [0.15, 0.2) is 24.3 Å². The maximum atomic E-state index is 12.6. The van der Waals surface area contributed by atoms with E-state index in [1.165, 1.54) is 0 Å². The molecule has 1 aromatic carbocycles. The Labute approximate surface area is 147 Å². The van der Waals surface area contributed by atoms with Gasteiger partial charge in [-0.2, -0.15) is 0 Å². The van der Waals surface area contributed by atoms with Crippen molar-refractivity contribution in [3.63, 3.8) is 0 Å². The number of benzene rings is 1. The number of carbonyl (C=O) groups is 3. The summed E-state index contributed by atoms with van der Waals surface area (Å²) < 4.78 is 5.10. The second-order valence-corrected chi connectivity index (χ2v) is 6.41. The van der Waals surface area contributed by atoms with Gasteiger partial charge in [-0.3, -0.25) is 14.5 Å². The summed E-state index contributed by atoms with van der Waals surface area (Å²) >= 11 is 0. The molecule has 0 aliphatic carbocycles. The van der Waals surface area contributed by atoms with Crippen molar-refractivity contribution in [2.45, 2.75) is 38.8 Å². The minimum absolute atomic E-state index is 0.269. The molecule has 2 atom stereocenters. The van der Waals surface area contributed by atoms with Crippen LogP contribution in [0.5, 0.6) is 5.75 Å². The molecular weight excluding hydrogens is 324 g/mol. The molecule has 136 valence electrons. The Hall–Kier alpha value is -2.41. The highest BCUT2D eigenvalue weighted by Gasteiger charge is 2.44. The smallest absolute Gasteiger partial charge is 0.325 e. The van der Waals surface area contributed by atoms with Crippen molar-refractivity contribution >= 4 is 17.7 Å². The van der Waals surface area contributed by atoms with Gasteiger partial charge in [0.15, 0.2) is 5.78 Å². The van der Waals surface area contributed by atoms with Gasteiger partial charge in [-0.05, 0) is 36.5 Å². The van der Waals surface area contributed by atoms with Crippen molar-refractivity contribution in [2.75, 3.05) is 13.7 Å². The zero-order valence-electron chi connectivity index (χ0n) is 14.7. The van der Waals surface area contributed by atoms with Crippen LogP contribution in [0.2, 0.25) is 0 Å². The number of aliphatic hydroxyl groups excluding tert-OH is 1. The van der Waals surface area contributed by atoms with Crippen molar-refractivity contribution < 1.29 is 24.2 Å². The molecule has 25 heavy (non-hydrogen) atoms. The summed E-state index contributed by atoms with van der Waals surface area (Å²) in [5.74, 6) is -0.467. The molecule has 2 N–H and O–H groups in total. The summed E-state index contributed by atoms with van der Waals surface area (Å²) in [6, 6.07) is 5.31. The molecule has 1 aromatic rings. The third-order valence-corrected chi connectivity index (χ3v) is 4.33. The second-order valence-electron chi connectivity index (χ2n) is 6.41. The average Bonchev–Trinajstić information content (AvgIpc) is 2.88. The van der Waals surface area contributed by atoms with Crippen LogP contribution in [0.4, 0.5) is 4.79 Å². The van der Waals surface area contributed by atoms with Crippen LogP contribution in [0.25, 0.3) is 0 Å². The number of ketones is 1. The highest BCUT2D eigenvalue weighted by atomic mass is 16.5. The van der Waals surface area contributed by atoms with Gasteiger partial charge in [0, 0.05) is 0 Å². The molecule has 3 amide bonds. The van der Waals surface area contributed by atoms with Gasteiger partial charge < -0.3 is 15.2 Å². The number of Topliss-reactive ketones (excluding diaryl/α,β-unsaturated/α-hetero) is 1. The SMILES string of the molecule is COc1ccc(CC[C@@H]2NC(=O)N([C@@H](C(=O)CO)C(C)C)C2=O)cc1. The molecule has 0 saturated carbocycles. The molecule has 1 aliphatic rings. The Balaban J connectivity index is 2.05. The number of rotatable bonds is 8. The summed E-state index contributed by atoms with van der Waals surface area (Å²) in [5, 5.41) is 11.8. The maximum Gasteiger partial charge on any atom is 0.325 e. The van der Waals surface area contributed by atoms with Crippen LogP contribution in [-0.2, 0) is 16.0 Å². The normalized spacial score (nSPS) is 18.4. The highest BCUT2D eigenvalue weighted by Crippen LogP contribution is 2.21. The minimum atomic E-state index is -0.941. The summed E-state index contributed by atoms with van der Waals surface area (Å²) in [5.41, 5.74) is 1.02. The van der Waals surface area contributed by atoms with Gasteiger partial charge in [0.1, 0.15) is 24.4 Å². The first-order chi connectivity index (χ1) is 11.9. The topological polar surface area (TPSA) is 95.9 Å². The van der Waals surface area contributed by atoms with E-state index in [1.807, 2.05) is 24.3 Å². The predicted molar refractivity (Wildman–Crippen MR) is 91.2 cm³/mol. The Morgan fingerprint density at radius 2 is 1.92 bits per heavy atom. The molecule has 2 rings (SSSR count). The summed E-state index contributed by atoms with van der Waals surface area (Å²) in [6.45, 7) is 2.78. The summed E-state index contributed by atoms with van der Waals surface area (Å²) in [4.78, 5) is 37.7. The molecule has 1 fully saturated rings. The van der Waals surface area contributed by atoms with E-state index in [4.69, 9.17) is 9.84 Å². The lowest BCUT2D eigenvalue weighted by molar-refractivity contribution is -0.137. The molecule has 0 spiro atoms. The number of nitrogens with zero attached hydrogens (tertiary/aromatic N) is 1. The van der Waals surface area contributed by atoms with Gasteiger partial charge in [-0.15, -0.1) is 0 Å². The van der Waals surface area contributed by atoms with E-state index in [1.54, 1.807) is 21.0 Å². The summed E-state index contributed by atoms with van der Waals surface area (Å²) in [6.07, 6.45) is 1.04. The number of urea groups is 1. The molecular formula is C18H24N2O5. The lowest BCUT2D eigenvalue weighted by Gasteiger charge is -2.26. The Morgan fingerprint density at radius 1 is 1.28 bits per heavy atom. The molecule has 0 radical (unpaired) electrons. The van der Waals surface area contributed by atoms with Crippen molar-refractivity contribution in [1.82, 2.24) is 10.2 Å². The van der Waals surface area contributed by atoms with E-state index < -0.39 is 36.4 Å². The fourth-order valence-corrected chi connectivity index (χ4v) is 3.02. The van der Waals surface area contributed by atoms with Gasteiger partial charge in [-0.25, -0.2) is 4.79 Å². The maximum absolute atomic E-state index is 12.6. The first-order valence-electron chi connectivity index (χ1n) is 8.29. The van der Waals surface area contributed by atoms with Crippen LogP contribution >= 0.6 is 0 Å². The van der Waals surface area contributed by atoms with Crippen LogP contribution in [-0.4, -0.2) is 53.5 Å². The highest BCUT2D eigenvalue weighted by molar-refractivity contribution is 6.07. The number of nitrogens with one attached hydrogen (secondary N) is 1. The standard InChI is InChI=1S/C18H24N2O5/c1-11(2)16(15(22)10-21)20-17(23)14(19-18(20)24)9-6-12-4-7-13(25-3)8-5-12/h4-5,7-8,11,14,16,21H,6,9-10H2,1-3H3,(H,19,24)/t14-,16+/m0/s1. The number of hydrogen-bond donors (Lipinski definition) is 2. The molecule has 7 heteroatoms. The third-order valence-electron chi connectivity index (χ3n) is 4.33. The van der Waals surface area contributed by atoms with Gasteiger partial charge >= 0.3 is 6.03 Å². The molecule has 1 aliphatic heterocycles. The van der Waals surface area contributed by atoms with Crippen molar-refractivity contribution in [3.05, 3.63) is 29.8 Å². The first kappa shape index (κ1) is 18.9. The monoisotopic (exact) mass is 348 g/mol. The van der Waals surface area contributed by atoms with Crippen LogP contribution < -0.4 is 10.1 Å². The molecule has 1 heterocycles. The Kier molecular flexibility index (Phi) is 6.14. The number of amides is 3. The Morgan fingerprint density at radius 3 is 2.44 bits per heavy atom. The van der Waals surface area contributed by atoms with Crippen molar-refractivity contribution in [2.24, 2.45) is 5.92 Å². The number of imide groups is 1. The lowest BCUT2D eigenvalue weighted by atomic mass is 9.98. The largest absolute Gasteiger partial charge is 0.497 e. The first-order valence-corrected chi connectivity index (χ1v) is 8.29. The number of carbonyl (C=O) groups excluding carboxylic acids is 3. The molecule has 7 nitrogen and oxygen atoms in total. The number of aryl methyl sites for hydroxylation is 1. The van der Waals surface area contributed by atoms with Crippen molar-refractivity contribution in [1.29, 1.82) is 0 Å². The number of hydrogen-bond acceptors (Lipinski definition) is 5.